The van der Waals surface area contributed by atoms with Crippen molar-refractivity contribution in [3.8, 4) is 0 Å². The van der Waals surface area contributed by atoms with Gasteiger partial charge in [-0.2, -0.15) is 0 Å². The Morgan fingerprint density at radius 3 is 2.00 bits per heavy atom. The first-order valence-corrected chi connectivity index (χ1v) is 12.4. The molecule has 1 nitrogen and oxygen atoms in total. The fourth-order valence-electron chi connectivity index (χ4n) is 6.62. The minimum atomic E-state index is 0.528. The molecule has 3 fully saturated rings. The molecule has 3 rings (SSSR count). The van der Waals surface area contributed by atoms with Crippen LogP contribution in [0.25, 0.3) is 0 Å². The van der Waals surface area contributed by atoms with E-state index in [2.05, 4.69) is 13.8 Å². The second-order valence-electron chi connectivity index (χ2n) is 10.2. The summed E-state index contributed by atoms with van der Waals surface area (Å²) in [6.45, 7) is 5.78. The third kappa shape index (κ3) is 5.73. The molecule has 0 aromatic rings. The van der Waals surface area contributed by atoms with Crippen LogP contribution in [-0.4, -0.2) is 12.7 Å². The molecule has 3 aliphatic carbocycles. The maximum Gasteiger partial charge on any atom is 0.0575 e. The van der Waals surface area contributed by atoms with E-state index >= 15 is 0 Å². The van der Waals surface area contributed by atoms with Gasteiger partial charge in [0.25, 0.3) is 0 Å². The lowest BCUT2D eigenvalue weighted by Gasteiger charge is -2.44. The van der Waals surface area contributed by atoms with Gasteiger partial charge in [-0.3, -0.25) is 0 Å². The fraction of sp³-hybridized carbons (Fsp3) is 1.00. The highest BCUT2D eigenvalue weighted by atomic mass is 16.5. The summed E-state index contributed by atoms with van der Waals surface area (Å²) < 4.78 is 6.59. The number of ether oxygens (including phenoxy) is 1. The summed E-state index contributed by atoms with van der Waals surface area (Å²) >= 11 is 0. The number of hydrogen-bond acceptors (Lipinski definition) is 1. The summed E-state index contributed by atoms with van der Waals surface area (Å²) in [6, 6.07) is 0. The lowest BCUT2D eigenvalue weighted by molar-refractivity contribution is -0.0560. The van der Waals surface area contributed by atoms with Crippen molar-refractivity contribution >= 4 is 0 Å². The monoisotopic (exact) mass is 362 g/mol. The molecule has 0 radical (unpaired) electrons. The summed E-state index contributed by atoms with van der Waals surface area (Å²) in [5.74, 6) is 3.11. The molecule has 26 heavy (non-hydrogen) atoms. The third-order valence-electron chi connectivity index (χ3n) is 8.30. The van der Waals surface area contributed by atoms with Gasteiger partial charge in [0.1, 0.15) is 0 Å². The molecule has 1 heteroatoms. The van der Waals surface area contributed by atoms with E-state index in [0.29, 0.717) is 11.5 Å². The van der Waals surface area contributed by atoms with Crippen molar-refractivity contribution in [1.82, 2.24) is 0 Å². The molecule has 152 valence electrons. The van der Waals surface area contributed by atoms with Gasteiger partial charge in [-0.25, -0.2) is 0 Å². The van der Waals surface area contributed by atoms with Crippen molar-refractivity contribution in [1.29, 1.82) is 0 Å². The first-order chi connectivity index (χ1) is 12.7. The molecule has 0 atom stereocenters. The molecule has 0 amide bonds. The molecule has 0 heterocycles. The predicted octanol–water partition coefficient (Wildman–Crippen LogP) is 7.92. The van der Waals surface area contributed by atoms with Crippen LogP contribution in [0.4, 0.5) is 0 Å². The van der Waals surface area contributed by atoms with Crippen LogP contribution in [0.3, 0.4) is 0 Å². The van der Waals surface area contributed by atoms with Gasteiger partial charge in [0.2, 0.25) is 0 Å². The van der Waals surface area contributed by atoms with Crippen molar-refractivity contribution in [3.63, 3.8) is 0 Å². The normalized spacial score (nSPS) is 36.9. The molecule has 0 saturated heterocycles. The number of rotatable bonds is 8. The minimum absolute atomic E-state index is 0.528. The third-order valence-corrected chi connectivity index (χ3v) is 8.30. The molecule has 3 saturated carbocycles. The minimum Gasteiger partial charge on any atom is -0.378 e. The van der Waals surface area contributed by atoms with E-state index in [4.69, 9.17) is 4.74 Å². The van der Waals surface area contributed by atoms with Gasteiger partial charge in [0.05, 0.1) is 12.7 Å². The maximum absolute atomic E-state index is 6.59. The molecule has 0 aromatic heterocycles. The first kappa shape index (κ1) is 20.7. The smallest absolute Gasteiger partial charge is 0.0575 e. The van der Waals surface area contributed by atoms with Crippen molar-refractivity contribution in [2.45, 2.75) is 129 Å². The van der Waals surface area contributed by atoms with E-state index in [0.717, 1.165) is 24.4 Å². The maximum atomic E-state index is 6.59. The molecular formula is C25H46O. The van der Waals surface area contributed by atoms with E-state index in [-0.39, 0.29) is 0 Å². The Balaban J connectivity index is 1.43. The molecule has 0 unspecified atom stereocenters. The summed E-state index contributed by atoms with van der Waals surface area (Å²) in [5.41, 5.74) is 0.528. The largest absolute Gasteiger partial charge is 0.378 e. The van der Waals surface area contributed by atoms with Crippen LogP contribution in [0, 0.1) is 23.2 Å². The zero-order chi connectivity index (χ0) is 18.2. The Labute approximate surface area is 164 Å². The van der Waals surface area contributed by atoms with Crippen LogP contribution in [-0.2, 0) is 4.74 Å². The van der Waals surface area contributed by atoms with Crippen LogP contribution in [0.1, 0.15) is 123 Å². The van der Waals surface area contributed by atoms with Crippen molar-refractivity contribution in [2.75, 3.05) is 6.61 Å². The van der Waals surface area contributed by atoms with Gasteiger partial charge in [-0.05, 0) is 81.0 Å². The van der Waals surface area contributed by atoms with E-state index < -0.39 is 0 Å². The molecule has 0 aromatic carbocycles. The van der Waals surface area contributed by atoms with Gasteiger partial charge in [-0.15, -0.1) is 0 Å². The summed E-state index contributed by atoms with van der Waals surface area (Å²) in [7, 11) is 0. The second kappa shape index (κ2) is 10.5. The lowest BCUT2D eigenvalue weighted by Crippen LogP contribution is -2.36. The standard InChI is InChI=1S/C25H46O/c1-3-8-21-11-13-24(14-12-21)26-20-25(17-4-2)18-15-23(16-19-25)22-9-6-5-7-10-22/h21-24H,3-20H2,1-2H3/t21-,23?,24-,25?. The first-order valence-electron chi connectivity index (χ1n) is 12.4. The van der Waals surface area contributed by atoms with E-state index in [1.54, 1.807) is 0 Å². The van der Waals surface area contributed by atoms with E-state index in [1.807, 2.05) is 0 Å². The van der Waals surface area contributed by atoms with Gasteiger partial charge in [-0.1, -0.05) is 65.2 Å². The quantitative estimate of drug-likeness (QED) is 0.426. The Morgan fingerprint density at radius 1 is 0.731 bits per heavy atom. The Kier molecular flexibility index (Phi) is 8.35. The summed E-state index contributed by atoms with van der Waals surface area (Å²) in [6.07, 6.45) is 25.1. The van der Waals surface area contributed by atoms with Gasteiger partial charge in [0.15, 0.2) is 0 Å². The highest BCUT2D eigenvalue weighted by Crippen LogP contribution is 2.47. The van der Waals surface area contributed by atoms with Crippen LogP contribution >= 0.6 is 0 Å². The number of hydrogen-bond donors (Lipinski definition) is 0. The summed E-state index contributed by atoms with van der Waals surface area (Å²) in [5, 5.41) is 0. The Bertz CT molecular complexity index is 368. The highest BCUT2D eigenvalue weighted by molar-refractivity contribution is 4.89. The Morgan fingerprint density at radius 2 is 1.38 bits per heavy atom. The van der Waals surface area contributed by atoms with Gasteiger partial charge < -0.3 is 4.74 Å². The van der Waals surface area contributed by atoms with E-state index in [1.165, 1.54) is 109 Å². The van der Waals surface area contributed by atoms with Crippen molar-refractivity contribution in [3.05, 3.63) is 0 Å². The Hall–Kier alpha value is -0.0400. The van der Waals surface area contributed by atoms with Gasteiger partial charge in [0, 0.05) is 0 Å². The van der Waals surface area contributed by atoms with Gasteiger partial charge >= 0.3 is 0 Å². The second-order valence-corrected chi connectivity index (χ2v) is 10.2. The average molecular weight is 363 g/mol. The predicted molar refractivity (Wildman–Crippen MR) is 112 cm³/mol. The molecule has 0 spiro atoms. The van der Waals surface area contributed by atoms with Crippen LogP contribution in [0.2, 0.25) is 0 Å². The van der Waals surface area contributed by atoms with Crippen LogP contribution in [0.5, 0.6) is 0 Å². The molecule has 0 aliphatic heterocycles. The molecule has 3 aliphatic rings. The highest BCUT2D eigenvalue weighted by Gasteiger charge is 2.38. The van der Waals surface area contributed by atoms with Crippen molar-refractivity contribution in [2.24, 2.45) is 23.2 Å². The molecule has 0 N–H and O–H groups in total. The average Bonchev–Trinajstić information content (AvgIpc) is 2.69. The zero-order valence-corrected chi connectivity index (χ0v) is 17.9. The lowest BCUT2D eigenvalue weighted by atomic mass is 9.64. The zero-order valence-electron chi connectivity index (χ0n) is 17.9. The summed E-state index contributed by atoms with van der Waals surface area (Å²) in [4.78, 5) is 0. The van der Waals surface area contributed by atoms with Crippen LogP contribution < -0.4 is 0 Å². The van der Waals surface area contributed by atoms with E-state index in [9.17, 15) is 0 Å². The molecular weight excluding hydrogens is 316 g/mol. The fourth-order valence-corrected chi connectivity index (χ4v) is 6.62. The SMILES string of the molecule is CCCC1(CO[C@H]2CC[C@H](CCC)CC2)CCC(C2CCCCC2)CC1. The molecule has 0 bridgehead atoms. The van der Waals surface area contributed by atoms with Crippen LogP contribution in [0.15, 0.2) is 0 Å². The van der Waals surface area contributed by atoms with Crippen molar-refractivity contribution < 1.29 is 4.74 Å². The topological polar surface area (TPSA) is 9.23 Å².